The normalized spacial score (nSPS) is 12.1. The van der Waals surface area contributed by atoms with E-state index in [1.54, 1.807) is 20.8 Å². The van der Waals surface area contributed by atoms with Crippen molar-refractivity contribution >= 4 is 17.7 Å². The van der Waals surface area contributed by atoms with Gasteiger partial charge in [0.2, 0.25) is 0 Å². The fourth-order valence-electron chi connectivity index (χ4n) is 1.18. The highest BCUT2D eigenvalue weighted by atomic mass is 35.5. The smallest absolute Gasteiger partial charge is 0.407 e. The van der Waals surface area contributed by atoms with E-state index >= 15 is 0 Å². The Morgan fingerprint density at radius 2 is 2.05 bits per heavy atom. The van der Waals surface area contributed by atoms with Crippen LogP contribution >= 0.6 is 11.6 Å². The summed E-state index contributed by atoms with van der Waals surface area (Å²) in [4.78, 5) is 14.8. The fraction of sp³-hybridized carbons (Fsp3) is 0.500. The Kier molecular flexibility index (Phi) is 4.68. The third kappa shape index (κ3) is 5.38. The van der Waals surface area contributed by atoms with E-state index in [4.69, 9.17) is 16.3 Å². The lowest BCUT2D eigenvalue weighted by Gasteiger charge is -2.21. The maximum atomic E-state index is 13.7. The van der Waals surface area contributed by atoms with Crippen molar-refractivity contribution in [2.75, 3.05) is 6.54 Å². The zero-order valence-corrected chi connectivity index (χ0v) is 11.6. The van der Waals surface area contributed by atoms with Gasteiger partial charge in [0, 0.05) is 6.20 Å². The number of pyridine rings is 1. The zero-order valence-electron chi connectivity index (χ0n) is 10.8. The summed E-state index contributed by atoms with van der Waals surface area (Å²) in [5, 5.41) is 2.27. The predicted molar refractivity (Wildman–Crippen MR) is 67.4 cm³/mol. The Labute approximate surface area is 115 Å². The molecule has 0 bridgehead atoms. The number of carbonyl (C=O) groups is 1. The van der Waals surface area contributed by atoms with Crippen LogP contribution in [-0.2, 0) is 10.7 Å². The first kappa shape index (κ1) is 15.6. The molecule has 0 radical (unpaired) electrons. The first-order valence-corrected chi connectivity index (χ1v) is 5.95. The first-order valence-electron chi connectivity index (χ1n) is 5.57. The summed E-state index contributed by atoms with van der Waals surface area (Å²) >= 11 is 5.56. The van der Waals surface area contributed by atoms with Crippen molar-refractivity contribution < 1.29 is 18.3 Å². The van der Waals surface area contributed by atoms with E-state index in [1.807, 2.05) is 5.32 Å². The molecule has 0 saturated carbocycles. The summed E-state index contributed by atoms with van der Waals surface area (Å²) in [6.45, 7) is 4.04. The van der Waals surface area contributed by atoms with Crippen molar-refractivity contribution in [3.05, 3.63) is 29.0 Å². The Balaban J connectivity index is 2.60. The first-order chi connectivity index (χ1) is 8.60. The molecule has 19 heavy (non-hydrogen) atoms. The molecule has 0 aliphatic carbocycles. The molecule has 0 atom stereocenters. The number of amides is 1. The van der Waals surface area contributed by atoms with Gasteiger partial charge < -0.3 is 10.1 Å². The summed E-state index contributed by atoms with van der Waals surface area (Å²) in [6, 6.07) is 2.42. The van der Waals surface area contributed by atoms with Gasteiger partial charge in [-0.25, -0.2) is 4.79 Å². The average Bonchev–Trinajstić information content (AvgIpc) is 2.25. The second kappa shape index (κ2) is 5.69. The highest BCUT2D eigenvalue weighted by Crippen LogP contribution is 2.26. The Hall–Kier alpha value is -1.43. The molecule has 0 aliphatic rings. The van der Waals surface area contributed by atoms with Crippen molar-refractivity contribution in [1.82, 2.24) is 10.3 Å². The maximum absolute atomic E-state index is 13.7. The van der Waals surface area contributed by atoms with Crippen molar-refractivity contribution in [1.29, 1.82) is 0 Å². The third-order valence-electron chi connectivity index (χ3n) is 1.96. The lowest BCUT2D eigenvalue weighted by atomic mass is 10.2. The Morgan fingerprint density at radius 1 is 1.42 bits per heavy atom. The van der Waals surface area contributed by atoms with E-state index in [9.17, 15) is 13.6 Å². The molecule has 0 unspecified atom stereocenters. The van der Waals surface area contributed by atoms with Crippen LogP contribution in [0.1, 0.15) is 26.5 Å². The lowest BCUT2D eigenvalue weighted by Crippen LogP contribution is -2.39. The van der Waals surface area contributed by atoms with Gasteiger partial charge in [-0.05, 0) is 32.9 Å². The number of carbonyl (C=O) groups excluding carboxylic acids is 1. The molecule has 0 spiro atoms. The van der Waals surface area contributed by atoms with Crippen molar-refractivity contribution in [3.8, 4) is 0 Å². The molecule has 1 N–H and O–H groups in total. The number of nitrogens with zero attached hydrogens (tertiary/aromatic N) is 1. The van der Waals surface area contributed by atoms with E-state index in [0.29, 0.717) is 0 Å². The maximum Gasteiger partial charge on any atom is 0.407 e. The second-order valence-corrected chi connectivity index (χ2v) is 5.36. The summed E-state index contributed by atoms with van der Waals surface area (Å²) in [7, 11) is 0. The number of halogens is 3. The van der Waals surface area contributed by atoms with Crippen molar-refractivity contribution in [2.24, 2.45) is 0 Å². The van der Waals surface area contributed by atoms with E-state index in [2.05, 4.69) is 4.98 Å². The van der Waals surface area contributed by atoms with Gasteiger partial charge in [0.1, 0.15) is 11.3 Å². The zero-order chi connectivity index (χ0) is 14.7. The number of nitrogens with one attached hydrogen (secondary N) is 1. The minimum atomic E-state index is -3.29. The van der Waals surface area contributed by atoms with Crippen molar-refractivity contribution in [3.63, 3.8) is 0 Å². The number of hydrogen-bond acceptors (Lipinski definition) is 3. The van der Waals surface area contributed by atoms with Gasteiger partial charge in [-0.15, -0.1) is 0 Å². The molecule has 1 heterocycles. The van der Waals surface area contributed by atoms with E-state index in [0.717, 1.165) is 12.3 Å². The van der Waals surface area contributed by atoms with Crippen LogP contribution in [0.25, 0.3) is 0 Å². The molecule has 1 aromatic rings. The van der Waals surface area contributed by atoms with E-state index in [-0.39, 0.29) is 5.02 Å². The number of rotatable bonds is 3. The van der Waals surface area contributed by atoms with Gasteiger partial charge >= 0.3 is 12.0 Å². The van der Waals surface area contributed by atoms with Gasteiger partial charge in [-0.2, -0.15) is 8.78 Å². The Bertz CT molecular complexity index is 444. The summed E-state index contributed by atoms with van der Waals surface area (Å²) < 4.78 is 32.3. The van der Waals surface area contributed by atoms with Crippen LogP contribution in [0, 0.1) is 0 Å². The second-order valence-electron chi connectivity index (χ2n) is 4.92. The monoisotopic (exact) mass is 292 g/mol. The number of ether oxygens (including phenoxy) is 1. The number of alkyl halides is 2. The average molecular weight is 293 g/mol. The number of hydrogen-bond donors (Lipinski definition) is 1. The van der Waals surface area contributed by atoms with E-state index in [1.165, 1.54) is 6.07 Å². The van der Waals surface area contributed by atoms with Crippen LogP contribution in [-0.4, -0.2) is 23.2 Å². The molecule has 1 aromatic heterocycles. The van der Waals surface area contributed by atoms with Crippen LogP contribution in [0.15, 0.2) is 18.3 Å². The van der Waals surface area contributed by atoms with E-state index < -0.39 is 29.9 Å². The SMILES string of the molecule is CC(C)(C)OC(=O)NCC(F)(F)c1ccc(Cl)cn1. The minimum absolute atomic E-state index is 0.264. The molecule has 0 aromatic carbocycles. The molecule has 106 valence electrons. The Morgan fingerprint density at radius 3 is 2.53 bits per heavy atom. The molecule has 7 heteroatoms. The fourth-order valence-corrected chi connectivity index (χ4v) is 1.29. The quantitative estimate of drug-likeness (QED) is 0.929. The van der Waals surface area contributed by atoms with Gasteiger partial charge in [-0.1, -0.05) is 11.6 Å². The largest absolute Gasteiger partial charge is 0.444 e. The van der Waals surface area contributed by atoms with Crippen molar-refractivity contribution in [2.45, 2.75) is 32.3 Å². The topological polar surface area (TPSA) is 51.2 Å². The highest BCUT2D eigenvalue weighted by molar-refractivity contribution is 6.30. The summed E-state index contributed by atoms with van der Waals surface area (Å²) in [5.74, 6) is -3.29. The van der Waals surface area contributed by atoms with Crippen LogP contribution < -0.4 is 5.32 Å². The number of alkyl carbamates (subject to hydrolysis) is 1. The lowest BCUT2D eigenvalue weighted by molar-refractivity contribution is -0.0129. The van der Waals surface area contributed by atoms with Crippen LogP contribution in [0.5, 0.6) is 0 Å². The predicted octanol–water partition coefficient (Wildman–Crippen LogP) is 3.35. The molecule has 4 nitrogen and oxygen atoms in total. The third-order valence-corrected chi connectivity index (χ3v) is 2.18. The van der Waals surface area contributed by atoms with Gasteiger partial charge in [0.15, 0.2) is 0 Å². The minimum Gasteiger partial charge on any atom is -0.444 e. The molecule has 1 rings (SSSR count). The summed E-state index contributed by atoms with van der Waals surface area (Å²) in [6.07, 6.45) is 0.222. The van der Waals surface area contributed by atoms with Gasteiger partial charge in [0.05, 0.1) is 11.6 Å². The van der Waals surface area contributed by atoms with Gasteiger partial charge in [0.25, 0.3) is 0 Å². The molecule has 0 fully saturated rings. The highest BCUT2D eigenvalue weighted by Gasteiger charge is 2.34. The molecule has 1 amide bonds. The van der Waals surface area contributed by atoms with Crippen LogP contribution in [0.3, 0.4) is 0 Å². The van der Waals surface area contributed by atoms with Crippen LogP contribution in [0.4, 0.5) is 13.6 Å². The summed E-state index contributed by atoms with van der Waals surface area (Å²) in [5.41, 5.74) is -1.20. The van der Waals surface area contributed by atoms with Crippen LogP contribution in [0.2, 0.25) is 5.02 Å². The molecular weight excluding hydrogens is 278 g/mol. The molecule has 0 aliphatic heterocycles. The number of aromatic nitrogens is 1. The molecular formula is C12H15ClF2N2O2. The van der Waals surface area contributed by atoms with Gasteiger partial charge in [-0.3, -0.25) is 4.98 Å². The standard InChI is InChI=1S/C12H15ClF2N2O2/c1-11(2,3)19-10(18)17-7-12(14,15)9-5-4-8(13)6-16-9/h4-6H,7H2,1-3H3,(H,17,18). The molecule has 0 saturated heterocycles.